The average Bonchev–Trinajstić information content (AvgIpc) is 2.96. The fourth-order valence-corrected chi connectivity index (χ4v) is 4.22. The highest BCUT2D eigenvalue weighted by molar-refractivity contribution is 7.19. The third-order valence-electron chi connectivity index (χ3n) is 4.21. The third-order valence-corrected chi connectivity index (χ3v) is 5.41. The molecule has 0 bridgehead atoms. The first-order valence-corrected chi connectivity index (χ1v) is 8.74. The van der Waals surface area contributed by atoms with Gasteiger partial charge in [0.25, 0.3) is 0 Å². The minimum Gasteiger partial charge on any atom is -0.261 e. The normalized spacial score (nSPS) is 14.3. The second-order valence-corrected chi connectivity index (χ2v) is 6.98. The molecule has 1 aliphatic rings. The Labute approximate surface area is 139 Å². The molecule has 5 heteroatoms. The van der Waals surface area contributed by atoms with E-state index >= 15 is 0 Å². The number of benzene rings is 1. The van der Waals surface area contributed by atoms with Crippen molar-refractivity contribution in [2.75, 3.05) is 5.43 Å². The summed E-state index contributed by atoms with van der Waals surface area (Å²) in [5, 5.41) is 5.52. The van der Waals surface area contributed by atoms with E-state index in [4.69, 9.17) is 0 Å². The van der Waals surface area contributed by atoms with Crippen molar-refractivity contribution in [3.05, 3.63) is 52.2 Å². The maximum atomic E-state index is 4.44. The van der Waals surface area contributed by atoms with Crippen LogP contribution >= 0.6 is 11.3 Å². The maximum Gasteiger partial charge on any atom is 0.158 e. The Morgan fingerprint density at radius 3 is 2.83 bits per heavy atom. The molecular weight excluding hydrogens is 304 g/mol. The Morgan fingerprint density at radius 2 is 1.96 bits per heavy atom. The molecule has 1 aromatic carbocycles. The van der Waals surface area contributed by atoms with Gasteiger partial charge in [0.1, 0.15) is 11.2 Å². The van der Waals surface area contributed by atoms with Crippen molar-refractivity contribution in [1.82, 2.24) is 9.97 Å². The van der Waals surface area contributed by atoms with E-state index in [-0.39, 0.29) is 0 Å². The van der Waals surface area contributed by atoms with Crippen molar-refractivity contribution < 1.29 is 0 Å². The van der Waals surface area contributed by atoms with Gasteiger partial charge >= 0.3 is 0 Å². The van der Waals surface area contributed by atoms with Crippen LogP contribution in [-0.2, 0) is 12.8 Å². The predicted molar refractivity (Wildman–Crippen MR) is 96.5 cm³/mol. The third kappa shape index (κ3) is 2.84. The van der Waals surface area contributed by atoms with Crippen LogP contribution < -0.4 is 5.43 Å². The summed E-state index contributed by atoms with van der Waals surface area (Å²) in [5.41, 5.74) is 6.85. The molecule has 23 heavy (non-hydrogen) atoms. The van der Waals surface area contributed by atoms with Gasteiger partial charge in [0.2, 0.25) is 0 Å². The topological polar surface area (TPSA) is 50.2 Å². The van der Waals surface area contributed by atoms with E-state index in [1.165, 1.54) is 35.3 Å². The Morgan fingerprint density at radius 1 is 1.13 bits per heavy atom. The quantitative estimate of drug-likeness (QED) is 0.577. The van der Waals surface area contributed by atoms with Crippen LogP contribution in [0.4, 0.5) is 5.82 Å². The Balaban J connectivity index is 1.63. The molecule has 2 heterocycles. The minimum absolute atomic E-state index is 0.817. The van der Waals surface area contributed by atoms with E-state index in [2.05, 4.69) is 51.7 Å². The molecule has 2 aromatic heterocycles. The second-order valence-electron chi connectivity index (χ2n) is 5.89. The number of hydrogen-bond acceptors (Lipinski definition) is 5. The molecule has 1 N–H and O–H groups in total. The summed E-state index contributed by atoms with van der Waals surface area (Å²) in [7, 11) is 0. The summed E-state index contributed by atoms with van der Waals surface area (Å²) >= 11 is 1.80. The molecule has 0 atom stereocenters. The predicted octanol–water partition coefficient (Wildman–Crippen LogP) is 4.32. The largest absolute Gasteiger partial charge is 0.261 e. The molecular formula is C18H18N4S. The van der Waals surface area contributed by atoms with Crippen molar-refractivity contribution >= 4 is 33.6 Å². The van der Waals surface area contributed by atoms with Gasteiger partial charge in [-0.2, -0.15) is 5.10 Å². The van der Waals surface area contributed by atoms with Gasteiger partial charge in [-0.3, -0.25) is 5.43 Å². The molecule has 0 fully saturated rings. The first-order chi connectivity index (χ1) is 11.3. The van der Waals surface area contributed by atoms with E-state index in [1.54, 1.807) is 17.7 Å². The fourth-order valence-electron chi connectivity index (χ4n) is 3.00. The van der Waals surface area contributed by atoms with E-state index < -0.39 is 0 Å². The zero-order chi connectivity index (χ0) is 15.6. The van der Waals surface area contributed by atoms with Gasteiger partial charge in [0, 0.05) is 4.88 Å². The maximum absolute atomic E-state index is 4.44. The molecule has 3 aromatic rings. The number of aromatic nitrogens is 2. The van der Waals surface area contributed by atoms with Crippen molar-refractivity contribution in [3.8, 4) is 0 Å². The molecule has 0 saturated heterocycles. The molecule has 0 aliphatic heterocycles. The molecule has 116 valence electrons. The number of hydrazone groups is 1. The van der Waals surface area contributed by atoms with E-state index in [9.17, 15) is 0 Å². The van der Waals surface area contributed by atoms with Crippen molar-refractivity contribution in [3.63, 3.8) is 0 Å². The monoisotopic (exact) mass is 322 g/mol. The summed E-state index contributed by atoms with van der Waals surface area (Å²) in [6.07, 6.45) is 8.27. The first kappa shape index (κ1) is 14.3. The molecule has 1 aliphatic carbocycles. The van der Waals surface area contributed by atoms with Gasteiger partial charge in [-0.05, 0) is 43.7 Å². The number of rotatable bonds is 3. The number of anilines is 1. The molecule has 4 nitrogen and oxygen atoms in total. The number of thiophene rings is 1. The second kappa shape index (κ2) is 6.08. The molecule has 0 saturated carbocycles. The average molecular weight is 322 g/mol. The van der Waals surface area contributed by atoms with Crippen molar-refractivity contribution in [1.29, 1.82) is 0 Å². The number of fused-ring (bicyclic) bond motifs is 3. The first-order valence-electron chi connectivity index (χ1n) is 7.92. The van der Waals surface area contributed by atoms with Crippen LogP contribution in [0, 0.1) is 6.92 Å². The highest BCUT2D eigenvalue weighted by atomic mass is 32.1. The van der Waals surface area contributed by atoms with Crippen molar-refractivity contribution in [2.24, 2.45) is 5.10 Å². The lowest BCUT2D eigenvalue weighted by Gasteiger charge is -2.11. The lowest BCUT2D eigenvalue weighted by Crippen LogP contribution is -2.00. The zero-order valence-corrected chi connectivity index (χ0v) is 13.9. The van der Waals surface area contributed by atoms with Gasteiger partial charge in [-0.15, -0.1) is 11.3 Å². The summed E-state index contributed by atoms with van der Waals surface area (Å²) in [4.78, 5) is 11.4. The standard InChI is InChI=1S/C18H18N4S/c1-12-6-8-13(9-7-12)10-21-22-17-16-14-4-2-3-5-15(14)23-18(16)20-11-19-17/h6-11H,2-5H2,1H3,(H,19,20,22)/b21-10+. The van der Waals surface area contributed by atoms with Crippen LogP contribution in [0.15, 0.2) is 35.7 Å². The van der Waals surface area contributed by atoms with Crippen LogP contribution in [0.5, 0.6) is 0 Å². The molecule has 0 amide bonds. The van der Waals surface area contributed by atoms with E-state index in [1.807, 2.05) is 6.21 Å². The highest BCUT2D eigenvalue weighted by Crippen LogP contribution is 2.38. The molecule has 0 spiro atoms. The Bertz CT molecular complexity index is 865. The molecule has 0 unspecified atom stereocenters. The van der Waals surface area contributed by atoms with Crippen LogP contribution in [0.25, 0.3) is 10.2 Å². The van der Waals surface area contributed by atoms with Gasteiger partial charge < -0.3 is 0 Å². The Kier molecular flexibility index (Phi) is 3.79. The van der Waals surface area contributed by atoms with Gasteiger partial charge in [0.05, 0.1) is 11.6 Å². The lowest BCUT2D eigenvalue weighted by atomic mass is 9.97. The molecule has 0 radical (unpaired) electrons. The van der Waals surface area contributed by atoms with Crippen molar-refractivity contribution in [2.45, 2.75) is 32.6 Å². The zero-order valence-electron chi connectivity index (χ0n) is 13.0. The van der Waals surface area contributed by atoms with Gasteiger partial charge in [-0.25, -0.2) is 9.97 Å². The van der Waals surface area contributed by atoms with E-state index in [0.29, 0.717) is 0 Å². The van der Waals surface area contributed by atoms with E-state index in [0.717, 1.165) is 28.0 Å². The SMILES string of the molecule is Cc1ccc(/C=N/Nc2ncnc3sc4c(c23)CCCC4)cc1. The van der Waals surface area contributed by atoms with Crippen LogP contribution in [0.2, 0.25) is 0 Å². The minimum atomic E-state index is 0.817. The van der Waals surface area contributed by atoms with Crippen LogP contribution in [0.3, 0.4) is 0 Å². The summed E-state index contributed by atoms with van der Waals surface area (Å²) < 4.78 is 0. The fraction of sp³-hybridized carbons (Fsp3) is 0.278. The number of nitrogens with zero attached hydrogens (tertiary/aromatic N) is 3. The van der Waals surface area contributed by atoms with Gasteiger partial charge in [-0.1, -0.05) is 29.8 Å². The number of nitrogens with one attached hydrogen (secondary N) is 1. The Hall–Kier alpha value is -2.27. The summed E-state index contributed by atoms with van der Waals surface area (Å²) in [6.45, 7) is 2.08. The summed E-state index contributed by atoms with van der Waals surface area (Å²) in [5.74, 6) is 0.817. The summed E-state index contributed by atoms with van der Waals surface area (Å²) in [6, 6.07) is 8.28. The number of aryl methyl sites for hydroxylation is 3. The number of hydrogen-bond donors (Lipinski definition) is 1. The lowest BCUT2D eigenvalue weighted by molar-refractivity contribution is 0.700. The van der Waals surface area contributed by atoms with Crippen LogP contribution in [-0.4, -0.2) is 16.2 Å². The highest BCUT2D eigenvalue weighted by Gasteiger charge is 2.19. The van der Waals surface area contributed by atoms with Gasteiger partial charge in [0.15, 0.2) is 5.82 Å². The molecule has 4 rings (SSSR count). The smallest absolute Gasteiger partial charge is 0.158 e. The van der Waals surface area contributed by atoms with Crippen LogP contribution in [0.1, 0.15) is 34.4 Å².